The first-order valence-corrected chi connectivity index (χ1v) is 24.1. The first kappa shape index (κ1) is 48.4. The number of ether oxygens (including phenoxy) is 10. The van der Waals surface area contributed by atoms with E-state index in [1.54, 1.807) is 30.3 Å². The van der Waals surface area contributed by atoms with Crippen LogP contribution in [0.15, 0.2) is 189 Å². The van der Waals surface area contributed by atoms with Crippen LogP contribution in [0.1, 0.15) is 54.8 Å². The molecule has 0 N–H and O–H groups in total. The van der Waals surface area contributed by atoms with Gasteiger partial charge in [0.25, 0.3) is 11.8 Å². The lowest BCUT2D eigenvalue weighted by Gasteiger charge is -2.53. The normalized spacial score (nSPS) is 27.2. The van der Waals surface area contributed by atoms with Gasteiger partial charge >= 0.3 is 0 Å². The number of benzene rings is 6. The zero-order valence-corrected chi connectivity index (χ0v) is 39.2. The lowest BCUT2D eigenvalue weighted by atomic mass is 9.93. The van der Waals surface area contributed by atoms with Crippen molar-refractivity contribution in [2.45, 2.75) is 94.1 Å². The minimum atomic E-state index is -1.26. The van der Waals surface area contributed by atoms with E-state index in [9.17, 15) is 9.59 Å². The zero-order valence-electron chi connectivity index (χ0n) is 39.2. The van der Waals surface area contributed by atoms with Crippen LogP contribution in [-0.2, 0) is 73.8 Å². The Morgan fingerprint density at radius 1 is 0.521 bits per heavy atom. The molecule has 0 saturated carbocycles. The number of rotatable bonds is 20. The fourth-order valence-electron chi connectivity index (χ4n) is 9.56. The van der Waals surface area contributed by atoms with E-state index in [0.717, 1.165) is 27.8 Å². The molecule has 3 saturated heterocycles. The Bertz CT molecular complexity index is 2610. The van der Waals surface area contributed by atoms with Crippen molar-refractivity contribution in [1.29, 1.82) is 0 Å². The van der Waals surface area contributed by atoms with E-state index in [1.807, 2.05) is 152 Å². The molecule has 4 heterocycles. The second-order valence-electron chi connectivity index (χ2n) is 17.8. The van der Waals surface area contributed by atoms with Crippen molar-refractivity contribution in [3.63, 3.8) is 0 Å². The van der Waals surface area contributed by atoms with E-state index in [4.69, 9.17) is 47.4 Å². The molecule has 13 nitrogen and oxygen atoms in total. The lowest BCUT2D eigenvalue weighted by Crippen LogP contribution is -2.70. The van der Waals surface area contributed by atoms with Crippen LogP contribution in [-0.4, -0.2) is 97.9 Å². The number of carbonyl (C=O) groups excluding carboxylic acids is 2. The summed E-state index contributed by atoms with van der Waals surface area (Å²) in [6, 6.07) is 54.5. The predicted molar refractivity (Wildman–Crippen MR) is 260 cm³/mol. The molecule has 1 unspecified atom stereocenters. The smallest absolute Gasteiger partial charge is 0.262 e. The first-order valence-electron chi connectivity index (χ1n) is 24.1. The second kappa shape index (κ2) is 23.4. The van der Waals surface area contributed by atoms with Gasteiger partial charge in [0.15, 0.2) is 18.9 Å². The Kier molecular flexibility index (Phi) is 15.9. The summed E-state index contributed by atoms with van der Waals surface area (Å²) in [6.07, 6.45) is -8.08. The SMILES string of the molecule is C=CCO[C@@H]1O[C@@H]2COC(c3ccccc3)O[C@H]2[C@@H](O[C@H]2O[C@H](COCc3ccccc3)[C@@H](OCc3ccccc3)[C@H](OCc3ccccc3)[C@H]2OCc2ccccc2)[C@H]1N1C(=O)c2ccccc2C1=O. The van der Waals surface area contributed by atoms with Crippen LogP contribution in [0.2, 0.25) is 0 Å². The Morgan fingerprint density at radius 3 is 1.56 bits per heavy atom. The molecule has 71 heavy (non-hydrogen) atoms. The van der Waals surface area contributed by atoms with Gasteiger partial charge in [-0.3, -0.25) is 14.5 Å². The van der Waals surface area contributed by atoms with Crippen molar-refractivity contribution in [1.82, 2.24) is 4.90 Å². The molecule has 6 aromatic carbocycles. The number of carbonyl (C=O) groups is 2. The topological polar surface area (TPSA) is 130 Å². The number of nitrogens with zero attached hydrogens (tertiary/aromatic N) is 1. The fourth-order valence-corrected chi connectivity index (χ4v) is 9.56. The number of hydrogen-bond acceptors (Lipinski definition) is 12. The van der Waals surface area contributed by atoms with Crippen LogP contribution in [0.25, 0.3) is 0 Å². The first-order chi connectivity index (χ1) is 35.0. The van der Waals surface area contributed by atoms with Crippen LogP contribution < -0.4 is 0 Å². The van der Waals surface area contributed by atoms with Crippen molar-refractivity contribution >= 4 is 11.8 Å². The molecule has 11 atom stereocenters. The van der Waals surface area contributed by atoms with Crippen molar-refractivity contribution in [3.05, 3.63) is 228 Å². The largest absolute Gasteiger partial charge is 0.374 e. The maximum atomic E-state index is 14.7. The zero-order chi connectivity index (χ0) is 48.4. The summed E-state index contributed by atoms with van der Waals surface area (Å²) < 4.78 is 68.4. The van der Waals surface area contributed by atoms with E-state index in [0.29, 0.717) is 6.61 Å². The van der Waals surface area contributed by atoms with Crippen LogP contribution in [0.4, 0.5) is 0 Å². The highest BCUT2D eigenvalue weighted by molar-refractivity contribution is 6.21. The third-order valence-electron chi connectivity index (χ3n) is 13.0. The lowest BCUT2D eigenvalue weighted by molar-refractivity contribution is -0.387. The van der Waals surface area contributed by atoms with Gasteiger partial charge in [0.05, 0.1) is 57.4 Å². The highest BCUT2D eigenvalue weighted by atomic mass is 16.8. The molecule has 0 radical (unpaired) electrons. The minimum absolute atomic E-state index is 0.0300. The van der Waals surface area contributed by atoms with Crippen molar-refractivity contribution in [2.24, 2.45) is 0 Å². The van der Waals surface area contributed by atoms with Gasteiger partial charge in [-0.1, -0.05) is 170 Å². The molecule has 0 aromatic heterocycles. The summed E-state index contributed by atoms with van der Waals surface area (Å²) in [7, 11) is 0. The maximum absolute atomic E-state index is 14.7. The standard InChI is InChI=1S/C58H57NO12/c1-2-32-63-57-48(59-54(60)44-30-18-19-31-45(44)55(59)61)51(50-47(68-57)38-67-56(70-50)43-28-16-7-17-29-43)71-58-53(66-36-42-26-14-6-15-27-42)52(65-35-41-24-12-5-13-25-41)49(64-34-40-22-10-4-11-23-40)46(69-58)37-62-33-39-20-8-3-9-21-39/h2-31,46-53,56-58H,1,32-38H2/t46-,47-,48-,49-,50-,51+,52+,53-,56?,57-,58-/m1/s1. The molecule has 3 fully saturated rings. The average Bonchev–Trinajstić information content (AvgIpc) is 3.67. The number of fused-ring (bicyclic) bond motifs is 2. The molecule has 366 valence electrons. The predicted octanol–water partition coefficient (Wildman–Crippen LogP) is 8.78. The summed E-state index contributed by atoms with van der Waals surface area (Å²) in [4.78, 5) is 30.5. The molecule has 0 bridgehead atoms. The summed E-state index contributed by atoms with van der Waals surface area (Å²) in [5, 5.41) is 0. The number of imide groups is 1. The third kappa shape index (κ3) is 11.3. The van der Waals surface area contributed by atoms with Crippen molar-refractivity contribution in [2.75, 3.05) is 19.8 Å². The van der Waals surface area contributed by atoms with Gasteiger partial charge in [-0.25, -0.2) is 0 Å². The van der Waals surface area contributed by atoms with Gasteiger partial charge < -0.3 is 47.4 Å². The molecule has 0 spiro atoms. The Labute approximate surface area is 413 Å². The van der Waals surface area contributed by atoms with Gasteiger partial charge in [-0.15, -0.1) is 6.58 Å². The Morgan fingerprint density at radius 2 is 1.01 bits per heavy atom. The fraction of sp³-hybridized carbons (Fsp3) is 0.310. The monoisotopic (exact) mass is 959 g/mol. The van der Waals surface area contributed by atoms with E-state index in [1.165, 1.54) is 4.90 Å². The van der Waals surface area contributed by atoms with Gasteiger partial charge in [-0.05, 0) is 34.4 Å². The maximum Gasteiger partial charge on any atom is 0.262 e. The summed E-state index contributed by atoms with van der Waals surface area (Å²) >= 11 is 0. The van der Waals surface area contributed by atoms with E-state index in [-0.39, 0.29) is 50.8 Å². The van der Waals surface area contributed by atoms with E-state index < -0.39 is 79.5 Å². The van der Waals surface area contributed by atoms with Crippen LogP contribution >= 0.6 is 0 Å². The molecule has 4 aliphatic heterocycles. The van der Waals surface area contributed by atoms with Crippen molar-refractivity contribution in [3.8, 4) is 0 Å². The molecule has 0 aliphatic carbocycles. The highest BCUT2D eigenvalue weighted by Crippen LogP contribution is 2.42. The Hall–Kier alpha value is -6.20. The van der Waals surface area contributed by atoms with Crippen LogP contribution in [0.5, 0.6) is 0 Å². The van der Waals surface area contributed by atoms with Crippen molar-refractivity contribution < 1.29 is 57.0 Å². The van der Waals surface area contributed by atoms with E-state index in [2.05, 4.69) is 6.58 Å². The van der Waals surface area contributed by atoms with E-state index >= 15 is 0 Å². The van der Waals surface area contributed by atoms with Gasteiger partial charge in [0.2, 0.25) is 0 Å². The Balaban J connectivity index is 1.08. The summed E-state index contributed by atoms with van der Waals surface area (Å²) in [5.74, 6) is -1.06. The highest BCUT2D eigenvalue weighted by Gasteiger charge is 2.59. The van der Waals surface area contributed by atoms with Crippen LogP contribution in [0, 0.1) is 0 Å². The van der Waals surface area contributed by atoms with Gasteiger partial charge in [0, 0.05) is 5.56 Å². The van der Waals surface area contributed by atoms with Gasteiger partial charge in [-0.2, -0.15) is 0 Å². The molecule has 10 rings (SSSR count). The molecule has 2 amide bonds. The number of hydrogen-bond donors (Lipinski definition) is 0. The minimum Gasteiger partial charge on any atom is -0.374 e. The number of amides is 2. The second-order valence-corrected chi connectivity index (χ2v) is 17.8. The summed E-state index contributed by atoms with van der Waals surface area (Å²) in [5.41, 5.74) is 5.01. The molecule has 4 aliphatic rings. The molecule has 13 heteroatoms. The average molecular weight is 960 g/mol. The molecular weight excluding hydrogens is 903 g/mol. The molecule has 6 aromatic rings. The third-order valence-corrected chi connectivity index (χ3v) is 13.0. The van der Waals surface area contributed by atoms with Gasteiger partial charge in [0.1, 0.15) is 48.8 Å². The molecular formula is C58H57NO12. The summed E-state index contributed by atoms with van der Waals surface area (Å²) in [6.45, 7) is 4.92. The van der Waals surface area contributed by atoms with Crippen LogP contribution in [0.3, 0.4) is 0 Å². The quantitative estimate of drug-likeness (QED) is 0.0536.